The van der Waals surface area contributed by atoms with E-state index < -0.39 is 5.97 Å². The molecule has 0 saturated heterocycles. The van der Waals surface area contributed by atoms with E-state index in [4.69, 9.17) is 9.15 Å². The number of carbonyl (C=O) groups is 1. The summed E-state index contributed by atoms with van der Waals surface area (Å²) >= 11 is 1.51. The van der Waals surface area contributed by atoms with Crippen LogP contribution in [0.15, 0.2) is 21.9 Å². The predicted octanol–water partition coefficient (Wildman–Crippen LogP) is 2.89. The molecule has 0 amide bonds. The van der Waals surface area contributed by atoms with Gasteiger partial charge >= 0.3 is 5.97 Å². The van der Waals surface area contributed by atoms with Crippen LogP contribution in [0.1, 0.15) is 23.2 Å². The second-order valence-corrected chi connectivity index (χ2v) is 4.08. The third kappa shape index (κ3) is 1.99. The summed E-state index contributed by atoms with van der Waals surface area (Å²) in [5.74, 6) is 0.191. The van der Waals surface area contributed by atoms with Gasteiger partial charge in [-0.3, -0.25) is 0 Å². The zero-order valence-electron chi connectivity index (χ0n) is 9.02. The predicted molar refractivity (Wildman–Crippen MR) is 60.5 cm³/mol. The van der Waals surface area contributed by atoms with Crippen molar-refractivity contribution in [2.75, 3.05) is 6.61 Å². The first-order valence-electron chi connectivity index (χ1n) is 4.90. The molecule has 0 fully saturated rings. The first kappa shape index (κ1) is 10.9. The lowest BCUT2D eigenvalue weighted by molar-refractivity contribution is 0.0490. The van der Waals surface area contributed by atoms with E-state index in [1.165, 1.54) is 11.3 Å². The number of esters is 1. The largest absolute Gasteiger partial charge is 0.460 e. The number of nitrogens with zero attached hydrogens (tertiary/aromatic N) is 1. The molecule has 2 aromatic rings. The van der Waals surface area contributed by atoms with Gasteiger partial charge in [0.15, 0.2) is 0 Å². The average Bonchev–Trinajstić information content (AvgIpc) is 2.86. The Morgan fingerprint density at radius 3 is 3.06 bits per heavy atom. The summed E-state index contributed by atoms with van der Waals surface area (Å²) in [6, 6.07) is 3.80. The van der Waals surface area contributed by atoms with Gasteiger partial charge < -0.3 is 9.15 Å². The van der Waals surface area contributed by atoms with Crippen molar-refractivity contribution in [1.29, 1.82) is 0 Å². The molecule has 0 aliphatic rings. The SMILES string of the molecule is CCOC(=O)c1oc(-c2cccs2)nc1C. The average molecular weight is 237 g/mol. The van der Waals surface area contributed by atoms with E-state index in [2.05, 4.69) is 4.98 Å². The van der Waals surface area contributed by atoms with Crippen LogP contribution in [0, 0.1) is 6.92 Å². The maximum atomic E-state index is 11.5. The quantitative estimate of drug-likeness (QED) is 0.770. The molecule has 2 aromatic heterocycles. The Morgan fingerprint density at radius 2 is 2.44 bits per heavy atom. The van der Waals surface area contributed by atoms with Gasteiger partial charge in [-0.1, -0.05) is 6.07 Å². The Bertz CT molecular complexity index is 487. The molecule has 0 aromatic carbocycles. The van der Waals surface area contributed by atoms with E-state index in [9.17, 15) is 4.79 Å². The van der Waals surface area contributed by atoms with Crippen molar-refractivity contribution in [2.24, 2.45) is 0 Å². The molecule has 0 saturated carbocycles. The highest BCUT2D eigenvalue weighted by Gasteiger charge is 2.19. The maximum absolute atomic E-state index is 11.5. The molecule has 84 valence electrons. The van der Waals surface area contributed by atoms with Crippen molar-refractivity contribution >= 4 is 17.3 Å². The number of thiophene rings is 1. The number of aryl methyl sites for hydroxylation is 1. The number of carbonyl (C=O) groups excluding carboxylic acids is 1. The number of hydrogen-bond acceptors (Lipinski definition) is 5. The molecule has 0 aliphatic carbocycles. The molecule has 0 atom stereocenters. The van der Waals surface area contributed by atoms with Gasteiger partial charge in [0.1, 0.15) is 0 Å². The van der Waals surface area contributed by atoms with Gasteiger partial charge in [-0.2, -0.15) is 0 Å². The fraction of sp³-hybridized carbons (Fsp3) is 0.273. The standard InChI is InChI=1S/C11H11NO3S/c1-3-14-11(13)9-7(2)12-10(15-9)8-5-4-6-16-8/h4-6H,3H2,1-2H3. The van der Waals surface area contributed by atoms with Crippen molar-refractivity contribution < 1.29 is 13.9 Å². The molecule has 0 bridgehead atoms. The van der Waals surface area contributed by atoms with E-state index in [-0.39, 0.29) is 5.76 Å². The van der Waals surface area contributed by atoms with Crippen LogP contribution in [0.3, 0.4) is 0 Å². The minimum Gasteiger partial charge on any atom is -0.460 e. The third-order valence-electron chi connectivity index (χ3n) is 1.99. The topological polar surface area (TPSA) is 52.3 Å². The summed E-state index contributed by atoms with van der Waals surface area (Å²) in [7, 11) is 0. The number of oxazole rings is 1. The Balaban J connectivity index is 2.32. The molecule has 0 N–H and O–H groups in total. The van der Waals surface area contributed by atoms with Crippen LogP contribution in [-0.2, 0) is 4.74 Å². The van der Waals surface area contributed by atoms with E-state index in [1.807, 2.05) is 17.5 Å². The van der Waals surface area contributed by atoms with Crippen molar-refractivity contribution in [2.45, 2.75) is 13.8 Å². The lowest BCUT2D eigenvalue weighted by Crippen LogP contribution is -2.04. The number of rotatable bonds is 3. The van der Waals surface area contributed by atoms with Crippen LogP contribution in [0.2, 0.25) is 0 Å². The van der Waals surface area contributed by atoms with E-state index in [0.717, 1.165) is 4.88 Å². The van der Waals surface area contributed by atoms with Gasteiger partial charge in [-0.15, -0.1) is 11.3 Å². The second-order valence-electron chi connectivity index (χ2n) is 3.13. The van der Waals surface area contributed by atoms with Crippen molar-refractivity contribution in [3.8, 4) is 10.8 Å². The van der Waals surface area contributed by atoms with Gasteiger partial charge in [0.05, 0.1) is 17.2 Å². The normalized spacial score (nSPS) is 10.4. The van der Waals surface area contributed by atoms with Gasteiger partial charge in [0.2, 0.25) is 11.7 Å². The van der Waals surface area contributed by atoms with E-state index in [1.54, 1.807) is 13.8 Å². The lowest BCUT2D eigenvalue weighted by atomic mass is 10.4. The maximum Gasteiger partial charge on any atom is 0.376 e. The molecule has 0 unspecified atom stereocenters. The van der Waals surface area contributed by atoms with Gasteiger partial charge in [-0.25, -0.2) is 9.78 Å². The summed E-state index contributed by atoms with van der Waals surface area (Å²) < 4.78 is 10.3. The zero-order chi connectivity index (χ0) is 11.5. The number of aromatic nitrogens is 1. The highest BCUT2D eigenvalue weighted by molar-refractivity contribution is 7.13. The van der Waals surface area contributed by atoms with Crippen molar-refractivity contribution in [3.63, 3.8) is 0 Å². The Labute approximate surface area is 96.9 Å². The summed E-state index contributed by atoms with van der Waals surface area (Å²) in [4.78, 5) is 16.6. The highest BCUT2D eigenvalue weighted by atomic mass is 32.1. The molecule has 0 spiro atoms. The first-order chi connectivity index (χ1) is 7.72. The van der Waals surface area contributed by atoms with Crippen molar-refractivity contribution in [3.05, 3.63) is 29.0 Å². The van der Waals surface area contributed by atoms with Gasteiger partial charge in [0.25, 0.3) is 0 Å². The fourth-order valence-electron chi connectivity index (χ4n) is 1.29. The molecular weight excluding hydrogens is 226 g/mol. The minimum atomic E-state index is -0.463. The molecule has 5 heteroatoms. The summed E-state index contributed by atoms with van der Waals surface area (Å²) in [5, 5.41) is 1.93. The zero-order valence-corrected chi connectivity index (χ0v) is 9.84. The Kier molecular flexibility index (Phi) is 3.05. The summed E-state index contributed by atoms with van der Waals surface area (Å²) in [6.45, 7) is 3.81. The minimum absolute atomic E-state index is 0.185. The van der Waals surface area contributed by atoms with Crippen LogP contribution in [-0.4, -0.2) is 17.6 Å². The van der Waals surface area contributed by atoms with Crippen LogP contribution in [0.25, 0.3) is 10.8 Å². The van der Waals surface area contributed by atoms with E-state index >= 15 is 0 Å². The molecule has 4 nitrogen and oxygen atoms in total. The molecule has 0 radical (unpaired) electrons. The highest BCUT2D eigenvalue weighted by Crippen LogP contribution is 2.26. The van der Waals surface area contributed by atoms with Gasteiger partial charge in [0, 0.05) is 0 Å². The van der Waals surface area contributed by atoms with Crippen LogP contribution in [0.4, 0.5) is 0 Å². The van der Waals surface area contributed by atoms with Crippen LogP contribution < -0.4 is 0 Å². The van der Waals surface area contributed by atoms with Gasteiger partial charge in [-0.05, 0) is 25.3 Å². The molecule has 16 heavy (non-hydrogen) atoms. The Morgan fingerprint density at radius 1 is 1.62 bits per heavy atom. The molecule has 2 heterocycles. The van der Waals surface area contributed by atoms with E-state index in [0.29, 0.717) is 18.2 Å². The molecular formula is C11H11NO3S. The lowest BCUT2D eigenvalue weighted by Gasteiger charge is -1.96. The second kappa shape index (κ2) is 4.49. The summed E-state index contributed by atoms with van der Waals surface area (Å²) in [5.41, 5.74) is 0.557. The fourth-order valence-corrected chi connectivity index (χ4v) is 1.94. The van der Waals surface area contributed by atoms with Crippen LogP contribution in [0.5, 0.6) is 0 Å². The number of hydrogen-bond donors (Lipinski definition) is 0. The molecule has 0 aliphatic heterocycles. The van der Waals surface area contributed by atoms with Crippen LogP contribution >= 0.6 is 11.3 Å². The molecule has 2 rings (SSSR count). The first-order valence-corrected chi connectivity index (χ1v) is 5.78. The smallest absolute Gasteiger partial charge is 0.376 e. The number of ether oxygens (including phenoxy) is 1. The monoisotopic (exact) mass is 237 g/mol. The third-order valence-corrected chi connectivity index (χ3v) is 2.85. The van der Waals surface area contributed by atoms with Crippen molar-refractivity contribution in [1.82, 2.24) is 4.98 Å². The summed E-state index contributed by atoms with van der Waals surface area (Å²) in [6.07, 6.45) is 0. The Hall–Kier alpha value is -1.62.